The summed E-state index contributed by atoms with van der Waals surface area (Å²) in [5.74, 6) is -0.920. The predicted octanol–water partition coefficient (Wildman–Crippen LogP) is 3.23. The number of ether oxygens (including phenoxy) is 1. The molecule has 0 aromatic heterocycles. The number of esters is 1. The first-order valence-corrected chi connectivity index (χ1v) is 11.4. The minimum absolute atomic E-state index is 0.0568. The molecule has 0 atom stereocenters. The molecule has 1 saturated heterocycles. The summed E-state index contributed by atoms with van der Waals surface area (Å²) in [6.07, 6.45) is 2.67. The highest BCUT2D eigenvalue weighted by Crippen LogP contribution is 2.25. The van der Waals surface area contributed by atoms with Gasteiger partial charge in [0.15, 0.2) is 0 Å². The van der Waals surface area contributed by atoms with E-state index in [4.69, 9.17) is 11.6 Å². The molecule has 160 valence electrons. The number of rotatable bonds is 6. The Balaban J connectivity index is 1.73. The van der Waals surface area contributed by atoms with Crippen molar-refractivity contribution in [1.29, 1.82) is 0 Å². The largest absolute Gasteiger partial charge is 0.465 e. The van der Waals surface area contributed by atoms with Crippen LogP contribution in [0.3, 0.4) is 0 Å². The van der Waals surface area contributed by atoms with Crippen molar-refractivity contribution in [1.82, 2.24) is 9.62 Å². The van der Waals surface area contributed by atoms with Gasteiger partial charge in [-0.25, -0.2) is 13.2 Å². The fraction of sp³-hybridized carbons (Fsp3) is 0.333. The summed E-state index contributed by atoms with van der Waals surface area (Å²) < 4.78 is 31.9. The first-order valence-electron chi connectivity index (χ1n) is 9.58. The van der Waals surface area contributed by atoms with Gasteiger partial charge < -0.3 is 10.1 Å². The van der Waals surface area contributed by atoms with Crippen LogP contribution in [0.15, 0.2) is 47.4 Å². The molecule has 3 rings (SSSR count). The number of amides is 1. The number of carbonyl (C=O) groups is 2. The van der Waals surface area contributed by atoms with Crippen LogP contribution in [0.1, 0.15) is 45.5 Å². The van der Waals surface area contributed by atoms with Crippen LogP contribution in [0, 0.1) is 0 Å². The first-order chi connectivity index (χ1) is 14.3. The van der Waals surface area contributed by atoms with E-state index < -0.39 is 21.9 Å². The first kappa shape index (κ1) is 22.3. The second-order valence-electron chi connectivity index (χ2n) is 6.98. The van der Waals surface area contributed by atoms with E-state index in [0.717, 1.165) is 24.8 Å². The number of methoxy groups -OCH3 is 1. The maximum atomic E-state index is 12.9. The molecule has 30 heavy (non-hydrogen) atoms. The molecule has 1 aliphatic rings. The van der Waals surface area contributed by atoms with Crippen LogP contribution < -0.4 is 5.32 Å². The maximum Gasteiger partial charge on any atom is 0.337 e. The van der Waals surface area contributed by atoms with Gasteiger partial charge in [0.2, 0.25) is 10.0 Å². The average molecular weight is 451 g/mol. The summed E-state index contributed by atoms with van der Waals surface area (Å²) in [6, 6.07) is 10.8. The summed E-state index contributed by atoms with van der Waals surface area (Å²) in [5, 5.41) is 2.90. The van der Waals surface area contributed by atoms with Crippen molar-refractivity contribution < 1.29 is 22.7 Å². The molecule has 2 aromatic rings. The summed E-state index contributed by atoms with van der Waals surface area (Å²) >= 11 is 6.16. The Labute approximate surface area is 181 Å². The zero-order chi connectivity index (χ0) is 21.7. The minimum Gasteiger partial charge on any atom is -0.465 e. The number of sulfonamides is 1. The third-order valence-electron chi connectivity index (χ3n) is 4.96. The number of hydrogen-bond donors (Lipinski definition) is 1. The standard InChI is InChI=1S/C21H23ClN2O5S/c1-29-21(26)16-7-5-15(6-8-16)14-23-20(25)18-13-17(9-10-19(18)22)30(27,28)24-11-3-2-4-12-24/h5-10,13H,2-4,11-12,14H2,1H3,(H,23,25). The van der Waals surface area contributed by atoms with Gasteiger partial charge in [-0.15, -0.1) is 0 Å². The van der Waals surface area contributed by atoms with E-state index in [9.17, 15) is 18.0 Å². The lowest BCUT2D eigenvalue weighted by Gasteiger charge is -2.26. The molecule has 2 aromatic carbocycles. The van der Waals surface area contributed by atoms with Crippen LogP contribution in [-0.4, -0.2) is 44.8 Å². The lowest BCUT2D eigenvalue weighted by Crippen LogP contribution is -2.35. The molecule has 1 heterocycles. The predicted molar refractivity (Wildman–Crippen MR) is 113 cm³/mol. The highest BCUT2D eigenvalue weighted by molar-refractivity contribution is 7.89. The van der Waals surface area contributed by atoms with E-state index in [-0.39, 0.29) is 22.0 Å². The molecule has 0 unspecified atom stereocenters. The summed E-state index contributed by atoms with van der Waals surface area (Å²) in [6.45, 7) is 1.15. The SMILES string of the molecule is COC(=O)c1ccc(CNC(=O)c2cc(S(=O)(=O)N3CCCCC3)ccc2Cl)cc1. The number of nitrogens with one attached hydrogen (secondary N) is 1. The van der Waals surface area contributed by atoms with Gasteiger partial charge in [0.05, 0.1) is 28.2 Å². The Morgan fingerprint density at radius 1 is 1.07 bits per heavy atom. The van der Waals surface area contributed by atoms with E-state index in [1.807, 2.05) is 0 Å². The van der Waals surface area contributed by atoms with E-state index in [2.05, 4.69) is 10.1 Å². The fourth-order valence-corrected chi connectivity index (χ4v) is 4.99. The van der Waals surface area contributed by atoms with E-state index >= 15 is 0 Å². The Bertz CT molecular complexity index is 1030. The summed E-state index contributed by atoms with van der Waals surface area (Å²) in [5.41, 5.74) is 1.27. The highest BCUT2D eigenvalue weighted by atomic mass is 35.5. The molecule has 0 bridgehead atoms. The molecule has 7 nitrogen and oxygen atoms in total. The van der Waals surface area contributed by atoms with Crippen LogP contribution in [0.25, 0.3) is 0 Å². The maximum absolute atomic E-state index is 12.9. The topological polar surface area (TPSA) is 92.8 Å². The van der Waals surface area contributed by atoms with Gasteiger partial charge in [-0.2, -0.15) is 4.31 Å². The second kappa shape index (κ2) is 9.59. The van der Waals surface area contributed by atoms with Crippen molar-refractivity contribution in [2.24, 2.45) is 0 Å². The highest BCUT2D eigenvalue weighted by Gasteiger charge is 2.27. The molecule has 0 radical (unpaired) electrons. The molecule has 1 aliphatic heterocycles. The number of halogens is 1. The molecule has 1 N–H and O–H groups in total. The molecule has 1 amide bonds. The van der Waals surface area contributed by atoms with Crippen LogP contribution in [0.4, 0.5) is 0 Å². The Morgan fingerprint density at radius 3 is 2.37 bits per heavy atom. The number of carbonyl (C=O) groups excluding carboxylic acids is 2. The lowest BCUT2D eigenvalue weighted by molar-refractivity contribution is 0.0600. The van der Waals surface area contributed by atoms with Crippen LogP contribution in [-0.2, 0) is 21.3 Å². The molecule has 9 heteroatoms. The number of benzene rings is 2. The van der Waals surface area contributed by atoms with Gasteiger partial charge in [-0.1, -0.05) is 30.2 Å². The van der Waals surface area contributed by atoms with E-state index in [0.29, 0.717) is 18.7 Å². The van der Waals surface area contributed by atoms with Crippen molar-refractivity contribution in [3.8, 4) is 0 Å². The molecule has 0 aliphatic carbocycles. The van der Waals surface area contributed by atoms with Gasteiger partial charge in [0.25, 0.3) is 5.91 Å². The number of piperidine rings is 1. The number of nitrogens with zero attached hydrogens (tertiary/aromatic N) is 1. The van der Waals surface area contributed by atoms with Crippen molar-refractivity contribution >= 4 is 33.5 Å². The molecule has 1 fully saturated rings. The van der Waals surface area contributed by atoms with Gasteiger partial charge in [-0.05, 0) is 48.7 Å². The van der Waals surface area contributed by atoms with Gasteiger partial charge in [0, 0.05) is 19.6 Å². The van der Waals surface area contributed by atoms with Crippen LogP contribution in [0.2, 0.25) is 5.02 Å². The van der Waals surface area contributed by atoms with Gasteiger partial charge in [-0.3, -0.25) is 4.79 Å². The normalized spacial score (nSPS) is 14.9. The van der Waals surface area contributed by atoms with Gasteiger partial charge in [0.1, 0.15) is 0 Å². The van der Waals surface area contributed by atoms with Crippen molar-refractivity contribution in [2.75, 3.05) is 20.2 Å². The zero-order valence-corrected chi connectivity index (χ0v) is 18.1. The summed E-state index contributed by atoms with van der Waals surface area (Å²) in [7, 11) is -2.36. The minimum atomic E-state index is -3.67. The fourth-order valence-electron chi connectivity index (χ4n) is 3.25. The average Bonchev–Trinajstić information content (AvgIpc) is 2.78. The smallest absolute Gasteiger partial charge is 0.337 e. The number of hydrogen-bond acceptors (Lipinski definition) is 5. The van der Waals surface area contributed by atoms with Crippen molar-refractivity contribution in [3.63, 3.8) is 0 Å². The Kier molecular flexibility index (Phi) is 7.12. The molecular formula is C21H23ClN2O5S. The van der Waals surface area contributed by atoms with Crippen molar-refractivity contribution in [3.05, 3.63) is 64.2 Å². The lowest BCUT2D eigenvalue weighted by atomic mass is 10.1. The molecular weight excluding hydrogens is 428 g/mol. The van der Waals surface area contributed by atoms with E-state index in [1.54, 1.807) is 24.3 Å². The second-order valence-corrected chi connectivity index (χ2v) is 9.32. The monoisotopic (exact) mass is 450 g/mol. The quantitative estimate of drug-likeness (QED) is 0.682. The van der Waals surface area contributed by atoms with Gasteiger partial charge >= 0.3 is 5.97 Å². The van der Waals surface area contributed by atoms with Crippen LogP contribution >= 0.6 is 11.6 Å². The zero-order valence-electron chi connectivity index (χ0n) is 16.6. The van der Waals surface area contributed by atoms with E-state index in [1.165, 1.54) is 29.6 Å². The van der Waals surface area contributed by atoms with Crippen LogP contribution in [0.5, 0.6) is 0 Å². The third-order valence-corrected chi connectivity index (χ3v) is 7.19. The molecule has 0 saturated carbocycles. The Hall–Kier alpha value is -2.42. The molecule has 0 spiro atoms. The Morgan fingerprint density at radius 2 is 1.73 bits per heavy atom. The summed E-state index contributed by atoms with van der Waals surface area (Å²) in [4.78, 5) is 24.2. The van der Waals surface area contributed by atoms with Crippen molar-refractivity contribution in [2.45, 2.75) is 30.7 Å². The third kappa shape index (κ3) is 5.00.